The Morgan fingerprint density at radius 3 is 3.18 bits per heavy atom. The second-order valence-electron chi connectivity index (χ2n) is 4.48. The summed E-state index contributed by atoms with van der Waals surface area (Å²) < 4.78 is 10.7. The number of anilines is 1. The smallest absolute Gasteiger partial charge is 0.0713 e. The quantitative estimate of drug-likeness (QED) is 0.822. The fourth-order valence-electron chi connectivity index (χ4n) is 2.19. The number of nitrogens with one attached hydrogen (secondary N) is 1. The summed E-state index contributed by atoms with van der Waals surface area (Å²) in [5.74, 6) is 0. The first-order valence-electron chi connectivity index (χ1n) is 6.32. The highest BCUT2D eigenvalue weighted by Crippen LogP contribution is 2.16. The van der Waals surface area contributed by atoms with Crippen molar-refractivity contribution in [2.24, 2.45) is 0 Å². The summed E-state index contributed by atoms with van der Waals surface area (Å²) in [6.45, 7) is 2.58. The first-order chi connectivity index (χ1) is 8.38. The van der Waals surface area contributed by atoms with Crippen LogP contribution < -0.4 is 5.32 Å². The van der Waals surface area contributed by atoms with Crippen LogP contribution in [0.1, 0.15) is 24.8 Å². The standard InChI is InChI=1S/C14H21NO2/c1-16-11-12-4-2-5-13(10-12)15-8-7-14-6-3-9-17-14/h2,4-5,10,14-15H,3,6-9,11H2,1H3. The van der Waals surface area contributed by atoms with Gasteiger partial charge < -0.3 is 14.8 Å². The highest BCUT2D eigenvalue weighted by atomic mass is 16.5. The van der Waals surface area contributed by atoms with Crippen molar-refractivity contribution in [3.63, 3.8) is 0 Å². The molecule has 1 unspecified atom stereocenters. The Hall–Kier alpha value is -1.06. The number of ether oxygens (including phenoxy) is 2. The zero-order chi connectivity index (χ0) is 11.9. The van der Waals surface area contributed by atoms with E-state index in [1.807, 2.05) is 0 Å². The van der Waals surface area contributed by atoms with Gasteiger partial charge in [-0.2, -0.15) is 0 Å². The molecule has 0 aliphatic carbocycles. The van der Waals surface area contributed by atoms with Crippen LogP contribution in [0.2, 0.25) is 0 Å². The molecule has 0 aromatic heterocycles. The highest BCUT2D eigenvalue weighted by Gasteiger charge is 2.14. The van der Waals surface area contributed by atoms with Gasteiger partial charge in [-0.25, -0.2) is 0 Å². The molecule has 1 aliphatic heterocycles. The van der Waals surface area contributed by atoms with E-state index in [4.69, 9.17) is 9.47 Å². The molecule has 1 atom stereocenters. The van der Waals surface area contributed by atoms with Gasteiger partial charge in [-0.05, 0) is 37.0 Å². The number of hydrogen-bond acceptors (Lipinski definition) is 3. The van der Waals surface area contributed by atoms with Crippen LogP contribution in [0.5, 0.6) is 0 Å². The zero-order valence-electron chi connectivity index (χ0n) is 10.4. The summed E-state index contributed by atoms with van der Waals surface area (Å²) in [4.78, 5) is 0. The van der Waals surface area contributed by atoms with Gasteiger partial charge in [0.05, 0.1) is 12.7 Å². The maximum atomic E-state index is 5.59. The van der Waals surface area contributed by atoms with Crippen molar-refractivity contribution in [1.29, 1.82) is 0 Å². The van der Waals surface area contributed by atoms with Crippen LogP contribution in [0.15, 0.2) is 24.3 Å². The molecule has 3 heteroatoms. The lowest BCUT2D eigenvalue weighted by molar-refractivity contribution is 0.107. The summed E-state index contributed by atoms with van der Waals surface area (Å²) >= 11 is 0. The molecule has 94 valence electrons. The van der Waals surface area contributed by atoms with E-state index in [-0.39, 0.29) is 0 Å². The van der Waals surface area contributed by atoms with Gasteiger partial charge in [0, 0.05) is 25.9 Å². The van der Waals surface area contributed by atoms with Gasteiger partial charge in [0.2, 0.25) is 0 Å². The maximum absolute atomic E-state index is 5.59. The zero-order valence-corrected chi connectivity index (χ0v) is 10.4. The van der Waals surface area contributed by atoms with Crippen molar-refractivity contribution in [3.8, 4) is 0 Å². The van der Waals surface area contributed by atoms with Crippen molar-refractivity contribution >= 4 is 5.69 Å². The normalized spacial score (nSPS) is 19.5. The van der Waals surface area contributed by atoms with Crippen LogP contribution in [0.25, 0.3) is 0 Å². The van der Waals surface area contributed by atoms with E-state index in [2.05, 4.69) is 29.6 Å². The van der Waals surface area contributed by atoms with Crippen LogP contribution in [-0.4, -0.2) is 26.4 Å². The van der Waals surface area contributed by atoms with E-state index in [0.717, 1.165) is 25.3 Å². The third kappa shape index (κ3) is 4.02. The lowest BCUT2D eigenvalue weighted by atomic mass is 10.1. The third-order valence-electron chi connectivity index (χ3n) is 3.06. The minimum absolute atomic E-state index is 0.463. The van der Waals surface area contributed by atoms with Crippen molar-refractivity contribution in [3.05, 3.63) is 29.8 Å². The molecule has 0 amide bonds. The second kappa shape index (κ2) is 6.62. The molecule has 0 radical (unpaired) electrons. The Labute approximate surface area is 103 Å². The van der Waals surface area contributed by atoms with Crippen molar-refractivity contribution in [2.45, 2.75) is 32.0 Å². The van der Waals surface area contributed by atoms with E-state index in [1.165, 1.54) is 18.4 Å². The number of methoxy groups -OCH3 is 1. The van der Waals surface area contributed by atoms with Crippen LogP contribution in [0.3, 0.4) is 0 Å². The topological polar surface area (TPSA) is 30.5 Å². The molecular formula is C14H21NO2. The van der Waals surface area contributed by atoms with Crippen LogP contribution in [0, 0.1) is 0 Å². The molecular weight excluding hydrogens is 214 g/mol. The first-order valence-corrected chi connectivity index (χ1v) is 6.32. The average Bonchev–Trinajstić information content (AvgIpc) is 2.83. The van der Waals surface area contributed by atoms with Crippen LogP contribution >= 0.6 is 0 Å². The molecule has 1 aromatic carbocycles. The minimum atomic E-state index is 0.463. The molecule has 0 spiro atoms. The van der Waals surface area contributed by atoms with E-state index in [9.17, 15) is 0 Å². The molecule has 1 N–H and O–H groups in total. The Balaban J connectivity index is 1.75. The van der Waals surface area contributed by atoms with Gasteiger partial charge in [0.1, 0.15) is 0 Å². The first kappa shape index (κ1) is 12.4. The third-order valence-corrected chi connectivity index (χ3v) is 3.06. The monoisotopic (exact) mass is 235 g/mol. The van der Waals surface area contributed by atoms with Gasteiger partial charge in [-0.3, -0.25) is 0 Å². The van der Waals surface area contributed by atoms with Gasteiger partial charge >= 0.3 is 0 Å². The number of benzene rings is 1. The summed E-state index contributed by atoms with van der Waals surface area (Å²) in [6.07, 6.45) is 3.98. The predicted molar refractivity (Wildman–Crippen MR) is 69.2 cm³/mol. The SMILES string of the molecule is COCc1cccc(NCCC2CCCO2)c1. The molecule has 1 fully saturated rings. The Kier molecular flexibility index (Phi) is 4.83. The maximum Gasteiger partial charge on any atom is 0.0713 e. The van der Waals surface area contributed by atoms with Crippen LogP contribution in [-0.2, 0) is 16.1 Å². The number of rotatable bonds is 6. The van der Waals surface area contributed by atoms with Crippen molar-refractivity contribution < 1.29 is 9.47 Å². The Morgan fingerprint density at radius 2 is 2.41 bits per heavy atom. The summed E-state index contributed by atoms with van der Waals surface area (Å²) in [5.41, 5.74) is 2.37. The molecule has 2 rings (SSSR count). The van der Waals surface area contributed by atoms with E-state index >= 15 is 0 Å². The van der Waals surface area contributed by atoms with E-state index in [1.54, 1.807) is 7.11 Å². The molecule has 1 aliphatic rings. The Bertz CT molecular complexity index is 335. The minimum Gasteiger partial charge on any atom is -0.385 e. The molecule has 1 saturated heterocycles. The molecule has 3 nitrogen and oxygen atoms in total. The summed E-state index contributed by atoms with van der Waals surface area (Å²) in [6, 6.07) is 8.37. The van der Waals surface area contributed by atoms with Crippen LogP contribution in [0.4, 0.5) is 5.69 Å². The molecule has 1 heterocycles. The lowest BCUT2D eigenvalue weighted by Crippen LogP contribution is -2.12. The summed E-state index contributed by atoms with van der Waals surface area (Å²) in [7, 11) is 1.72. The van der Waals surface area contributed by atoms with E-state index < -0.39 is 0 Å². The van der Waals surface area contributed by atoms with Crippen molar-refractivity contribution in [2.75, 3.05) is 25.6 Å². The molecule has 0 bridgehead atoms. The number of hydrogen-bond donors (Lipinski definition) is 1. The van der Waals surface area contributed by atoms with Gasteiger partial charge in [0.25, 0.3) is 0 Å². The predicted octanol–water partition coefficient (Wildman–Crippen LogP) is 2.81. The fraction of sp³-hybridized carbons (Fsp3) is 0.571. The molecule has 0 saturated carbocycles. The largest absolute Gasteiger partial charge is 0.385 e. The Morgan fingerprint density at radius 1 is 1.47 bits per heavy atom. The molecule has 1 aromatic rings. The second-order valence-corrected chi connectivity index (χ2v) is 4.48. The fourth-order valence-corrected chi connectivity index (χ4v) is 2.19. The average molecular weight is 235 g/mol. The van der Waals surface area contributed by atoms with E-state index in [0.29, 0.717) is 12.7 Å². The summed E-state index contributed by atoms with van der Waals surface area (Å²) in [5, 5.41) is 3.43. The van der Waals surface area contributed by atoms with Crippen molar-refractivity contribution in [1.82, 2.24) is 0 Å². The lowest BCUT2D eigenvalue weighted by Gasteiger charge is -2.11. The van der Waals surface area contributed by atoms with Gasteiger partial charge in [-0.1, -0.05) is 12.1 Å². The van der Waals surface area contributed by atoms with Gasteiger partial charge in [0.15, 0.2) is 0 Å². The molecule has 17 heavy (non-hydrogen) atoms. The highest BCUT2D eigenvalue weighted by molar-refractivity contribution is 5.45. The van der Waals surface area contributed by atoms with Gasteiger partial charge in [-0.15, -0.1) is 0 Å².